The summed E-state index contributed by atoms with van der Waals surface area (Å²) in [7, 11) is 2.07. The minimum absolute atomic E-state index is 0.211. The first-order chi connectivity index (χ1) is 9.24. The first-order valence-electron chi connectivity index (χ1n) is 6.87. The molecular formula is C15H22N2O2. The molecule has 0 atom stereocenters. The van der Waals surface area contributed by atoms with E-state index >= 15 is 0 Å². The molecule has 0 amide bonds. The van der Waals surface area contributed by atoms with Gasteiger partial charge in [-0.2, -0.15) is 0 Å². The van der Waals surface area contributed by atoms with Crippen LogP contribution in [0.5, 0.6) is 0 Å². The van der Waals surface area contributed by atoms with Gasteiger partial charge in [0.2, 0.25) is 0 Å². The molecule has 0 saturated carbocycles. The molecule has 0 bridgehead atoms. The van der Waals surface area contributed by atoms with Crippen molar-refractivity contribution < 1.29 is 9.53 Å². The molecule has 0 aromatic carbocycles. The first kappa shape index (κ1) is 14.2. The molecule has 0 unspecified atom stereocenters. The molecule has 104 valence electrons. The third kappa shape index (κ3) is 4.11. The van der Waals surface area contributed by atoms with Crippen molar-refractivity contribution >= 4 is 6.29 Å². The standard InChI is InChI=1S/C15H22N2O2/c1-17(9-5-14-4-2-3-8-16-14)12-15(13-18)6-10-19-11-7-15/h2-4,8,13H,5-7,9-12H2,1H3. The molecule has 2 heterocycles. The SMILES string of the molecule is CN(CCc1ccccn1)CC1(C=O)CCOCC1. The monoisotopic (exact) mass is 262 g/mol. The molecule has 0 N–H and O–H groups in total. The molecule has 4 nitrogen and oxygen atoms in total. The van der Waals surface area contributed by atoms with E-state index in [9.17, 15) is 4.79 Å². The number of nitrogens with zero attached hydrogens (tertiary/aromatic N) is 2. The molecule has 2 rings (SSSR count). The predicted molar refractivity (Wildman–Crippen MR) is 74.0 cm³/mol. The number of aldehydes is 1. The Morgan fingerprint density at radius 1 is 1.42 bits per heavy atom. The Labute approximate surface area is 114 Å². The minimum Gasteiger partial charge on any atom is -0.381 e. The highest BCUT2D eigenvalue weighted by atomic mass is 16.5. The molecule has 1 aromatic heterocycles. The van der Waals surface area contributed by atoms with Crippen LogP contribution in [0.15, 0.2) is 24.4 Å². The van der Waals surface area contributed by atoms with Gasteiger partial charge in [0, 0.05) is 50.0 Å². The largest absolute Gasteiger partial charge is 0.381 e. The van der Waals surface area contributed by atoms with E-state index in [1.54, 1.807) is 0 Å². The van der Waals surface area contributed by atoms with Crippen LogP contribution in [0.25, 0.3) is 0 Å². The summed E-state index contributed by atoms with van der Waals surface area (Å²) in [4.78, 5) is 17.9. The van der Waals surface area contributed by atoms with E-state index in [-0.39, 0.29) is 5.41 Å². The number of hydrogen-bond donors (Lipinski definition) is 0. The quantitative estimate of drug-likeness (QED) is 0.730. The van der Waals surface area contributed by atoms with Crippen LogP contribution in [-0.4, -0.2) is 49.5 Å². The number of carbonyl (C=O) groups is 1. The number of aromatic nitrogens is 1. The molecule has 1 fully saturated rings. The number of carbonyl (C=O) groups excluding carboxylic acids is 1. The molecule has 0 aliphatic carbocycles. The second-order valence-electron chi connectivity index (χ2n) is 5.40. The Hall–Kier alpha value is -1.26. The summed E-state index contributed by atoms with van der Waals surface area (Å²) in [6.07, 6.45) is 5.55. The number of likely N-dealkylation sites (N-methyl/N-ethyl adjacent to an activating group) is 1. The zero-order valence-corrected chi connectivity index (χ0v) is 11.5. The van der Waals surface area contributed by atoms with Crippen LogP contribution in [0.4, 0.5) is 0 Å². The van der Waals surface area contributed by atoms with Crippen LogP contribution in [0.3, 0.4) is 0 Å². The molecular weight excluding hydrogens is 240 g/mol. The summed E-state index contributed by atoms with van der Waals surface area (Å²) in [5.41, 5.74) is 0.887. The Morgan fingerprint density at radius 3 is 2.84 bits per heavy atom. The molecule has 19 heavy (non-hydrogen) atoms. The highest BCUT2D eigenvalue weighted by Crippen LogP contribution is 2.28. The lowest BCUT2D eigenvalue weighted by atomic mass is 9.81. The maximum atomic E-state index is 11.4. The summed E-state index contributed by atoms with van der Waals surface area (Å²) in [6, 6.07) is 5.97. The van der Waals surface area contributed by atoms with Gasteiger partial charge in [-0.1, -0.05) is 6.07 Å². The van der Waals surface area contributed by atoms with E-state index in [2.05, 4.69) is 16.9 Å². The predicted octanol–water partition coefficient (Wildman–Crippen LogP) is 1.55. The van der Waals surface area contributed by atoms with E-state index in [0.29, 0.717) is 13.2 Å². The van der Waals surface area contributed by atoms with Crippen molar-refractivity contribution in [3.63, 3.8) is 0 Å². The van der Waals surface area contributed by atoms with Crippen molar-refractivity contribution in [2.45, 2.75) is 19.3 Å². The average molecular weight is 262 g/mol. The van der Waals surface area contributed by atoms with Gasteiger partial charge in [-0.25, -0.2) is 0 Å². The molecule has 0 radical (unpaired) electrons. The third-order valence-electron chi connectivity index (χ3n) is 3.80. The lowest BCUT2D eigenvalue weighted by Gasteiger charge is -2.35. The molecule has 4 heteroatoms. The van der Waals surface area contributed by atoms with E-state index in [4.69, 9.17) is 4.74 Å². The Kier molecular flexibility index (Phi) is 5.05. The number of pyridine rings is 1. The second kappa shape index (κ2) is 6.78. The van der Waals surface area contributed by atoms with Crippen molar-refractivity contribution in [2.24, 2.45) is 5.41 Å². The van der Waals surface area contributed by atoms with Gasteiger partial charge in [0.15, 0.2) is 0 Å². The molecule has 1 aromatic rings. The Bertz CT molecular complexity index is 388. The second-order valence-corrected chi connectivity index (χ2v) is 5.40. The van der Waals surface area contributed by atoms with Crippen LogP contribution >= 0.6 is 0 Å². The van der Waals surface area contributed by atoms with Gasteiger partial charge in [-0.15, -0.1) is 0 Å². The number of rotatable bonds is 6. The van der Waals surface area contributed by atoms with Crippen LogP contribution in [0, 0.1) is 5.41 Å². The first-order valence-corrected chi connectivity index (χ1v) is 6.87. The fourth-order valence-corrected chi connectivity index (χ4v) is 2.56. The van der Waals surface area contributed by atoms with Gasteiger partial charge in [-0.05, 0) is 32.0 Å². The minimum atomic E-state index is -0.211. The maximum Gasteiger partial charge on any atom is 0.127 e. The zero-order chi connectivity index (χ0) is 13.6. The van der Waals surface area contributed by atoms with Gasteiger partial charge in [0.25, 0.3) is 0 Å². The van der Waals surface area contributed by atoms with E-state index < -0.39 is 0 Å². The zero-order valence-electron chi connectivity index (χ0n) is 11.5. The third-order valence-corrected chi connectivity index (χ3v) is 3.80. The highest BCUT2D eigenvalue weighted by Gasteiger charge is 2.33. The van der Waals surface area contributed by atoms with Crippen molar-refractivity contribution in [3.05, 3.63) is 30.1 Å². The molecule has 1 aliphatic heterocycles. The van der Waals surface area contributed by atoms with Crippen molar-refractivity contribution in [1.82, 2.24) is 9.88 Å². The average Bonchev–Trinajstić information content (AvgIpc) is 2.47. The van der Waals surface area contributed by atoms with E-state index in [1.165, 1.54) is 0 Å². The fraction of sp³-hybridized carbons (Fsp3) is 0.600. The van der Waals surface area contributed by atoms with E-state index in [1.807, 2.05) is 24.4 Å². The summed E-state index contributed by atoms with van der Waals surface area (Å²) < 4.78 is 5.35. The summed E-state index contributed by atoms with van der Waals surface area (Å²) in [5, 5.41) is 0. The lowest BCUT2D eigenvalue weighted by Crippen LogP contribution is -2.41. The summed E-state index contributed by atoms with van der Waals surface area (Å²) in [5.74, 6) is 0. The smallest absolute Gasteiger partial charge is 0.127 e. The molecule has 1 saturated heterocycles. The summed E-state index contributed by atoms with van der Waals surface area (Å²) in [6.45, 7) is 3.14. The van der Waals surface area contributed by atoms with Crippen LogP contribution in [0.2, 0.25) is 0 Å². The van der Waals surface area contributed by atoms with Gasteiger partial charge in [0.1, 0.15) is 6.29 Å². The van der Waals surface area contributed by atoms with Gasteiger partial charge >= 0.3 is 0 Å². The molecule has 1 aliphatic rings. The Morgan fingerprint density at radius 2 is 2.21 bits per heavy atom. The van der Waals surface area contributed by atoms with Gasteiger partial charge < -0.3 is 14.4 Å². The molecule has 0 spiro atoms. The number of ether oxygens (including phenoxy) is 1. The lowest BCUT2D eigenvalue weighted by molar-refractivity contribution is -0.122. The number of hydrogen-bond acceptors (Lipinski definition) is 4. The van der Waals surface area contributed by atoms with Crippen LogP contribution in [0.1, 0.15) is 18.5 Å². The van der Waals surface area contributed by atoms with Crippen molar-refractivity contribution in [1.29, 1.82) is 0 Å². The maximum absolute atomic E-state index is 11.4. The van der Waals surface area contributed by atoms with Crippen molar-refractivity contribution in [2.75, 3.05) is 33.4 Å². The van der Waals surface area contributed by atoms with E-state index in [0.717, 1.165) is 44.3 Å². The highest BCUT2D eigenvalue weighted by molar-refractivity contribution is 5.60. The summed E-state index contributed by atoms with van der Waals surface area (Å²) >= 11 is 0. The van der Waals surface area contributed by atoms with Gasteiger partial charge in [0.05, 0.1) is 0 Å². The topological polar surface area (TPSA) is 42.4 Å². The van der Waals surface area contributed by atoms with Crippen LogP contribution < -0.4 is 0 Å². The normalized spacial score (nSPS) is 18.4. The van der Waals surface area contributed by atoms with Crippen LogP contribution in [-0.2, 0) is 16.0 Å². The van der Waals surface area contributed by atoms with Crippen molar-refractivity contribution in [3.8, 4) is 0 Å². The fourth-order valence-electron chi connectivity index (χ4n) is 2.56. The Balaban J connectivity index is 1.82. The van der Waals surface area contributed by atoms with Gasteiger partial charge in [-0.3, -0.25) is 4.98 Å².